The first-order chi connectivity index (χ1) is 22.4. The molecule has 11 nitrogen and oxygen atoms in total. The van der Waals surface area contributed by atoms with Gasteiger partial charge in [-0.2, -0.15) is 13.2 Å². The van der Waals surface area contributed by atoms with E-state index in [0.717, 1.165) is 6.92 Å². The molecule has 3 rings (SSSR count). The molecule has 0 aromatic heterocycles. The van der Waals surface area contributed by atoms with Gasteiger partial charge in [0.25, 0.3) is 11.8 Å². The number of hydrogen-bond acceptors (Lipinski definition) is 7. The molecule has 15 heteroatoms. The van der Waals surface area contributed by atoms with Gasteiger partial charge in [-0.15, -0.1) is 0 Å². The number of benzene rings is 1. The number of nitrogens with one attached hydrogen (secondary N) is 1. The number of ether oxygens (including phenoxy) is 1. The number of esters is 1. The maximum Gasteiger partial charge on any atom is 0.416 e. The molecule has 262 valence electrons. The maximum absolute atomic E-state index is 14.2. The molecule has 0 aliphatic carbocycles. The van der Waals surface area contributed by atoms with Gasteiger partial charge in [0, 0.05) is 31.9 Å². The second-order valence-electron chi connectivity index (χ2n) is 12.2. The molecule has 0 bridgehead atoms. The van der Waals surface area contributed by atoms with Gasteiger partial charge >= 0.3 is 18.2 Å². The number of alkyl halides is 3. The second-order valence-corrected chi connectivity index (χ2v) is 12.2. The van der Waals surface area contributed by atoms with Crippen LogP contribution in [-0.2, 0) is 19.1 Å². The number of allylic oxidation sites excluding steroid dienone is 3. The van der Waals surface area contributed by atoms with E-state index >= 15 is 0 Å². The van der Waals surface area contributed by atoms with Gasteiger partial charge in [-0.05, 0) is 70.1 Å². The molecule has 2 heterocycles. The summed E-state index contributed by atoms with van der Waals surface area (Å²) in [6.45, 7) is 7.79. The molecule has 2 aliphatic rings. The monoisotopic (exact) mass is 679 g/mol. The van der Waals surface area contributed by atoms with Gasteiger partial charge in [0.15, 0.2) is 0 Å². The molecule has 2 fully saturated rings. The van der Waals surface area contributed by atoms with Crippen LogP contribution >= 0.6 is 0 Å². The van der Waals surface area contributed by atoms with Crippen LogP contribution in [0.5, 0.6) is 0 Å². The summed E-state index contributed by atoms with van der Waals surface area (Å²) in [6.07, 6.45) is -3.78. The van der Waals surface area contributed by atoms with E-state index in [1.165, 1.54) is 46.1 Å². The lowest BCUT2D eigenvalue weighted by Crippen LogP contribution is -2.60. The van der Waals surface area contributed by atoms with E-state index in [1.54, 1.807) is 27.9 Å². The fourth-order valence-corrected chi connectivity index (χ4v) is 5.67. The number of carbonyl (C=O) groups is 5. The zero-order valence-electron chi connectivity index (χ0n) is 27.8. The Morgan fingerprint density at radius 2 is 1.69 bits per heavy atom. The molecule has 2 saturated heterocycles. The summed E-state index contributed by atoms with van der Waals surface area (Å²) in [4.78, 5) is 72.3. The molecule has 2 aliphatic heterocycles. The summed E-state index contributed by atoms with van der Waals surface area (Å²) >= 11 is 0. The third-order valence-electron chi connectivity index (χ3n) is 8.41. The van der Waals surface area contributed by atoms with Crippen molar-refractivity contribution in [1.29, 1.82) is 0 Å². The first kappa shape index (κ1) is 37.9. The fourth-order valence-electron chi connectivity index (χ4n) is 5.67. The van der Waals surface area contributed by atoms with Crippen molar-refractivity contribution in [2.75, 3.05) is 52.3 Å². The third-order valence-corrected chi connectivity index (χ3v) is 8.41. The van der Waals surface area contributed by atoms with Gasteiger partial charge in [0.05, 0.1) is 23.8 Å². The normalized spacial score (nSPS) is 17.8. The van der Waals surface area contributed by atoms with Crippen molar-refractivity contribution in [3.63, 3.8) is 0 Å². The molecule has 1 unspecified atom stereocenters. The second kappa shape index (κ2) is 15.1. The number of imide groups is 1. The highest BCUT2D eigenvalue weighted by Crippen LogP contribution is 2.41. The van der Waals surface area contributed by atoms with Gasteiger partial charge in [0.2, 0.25) is 5.91 Å². The van der Waals surface area contributed by atoms with Crippen LogP contribution in [-0.4, -0.2) is 110 Å². The number of hydrogen-bond donors (Lipinski definition) is 1. The first-order valence-electron chi connectivity index (χ1n) is 15.3. The Hall–Kier alpha value is -4.53. The standard InChI is InChI=1S/C33H41F4N5O6/c1-8-23(33(35,36)37)19-25(21(4)34)27(43)38-26(20(2)3)28(44)40-15-13-32(14-16-40)30(46)41(18-17-39(5)6)31(47)42(32)24-11-9-22(10-12-24)29(45)48-7/h8-12,19-20,26H,4,13-18H2,1-3,5-7H3,(H,38,43). The van der Waals surface area contributed by atoms with Gasteiger partial charge < -0.3 is 19.9 Å². The van der Waals surface area contributed by atoms with E-state index < -0.39 is 70.4 Å². The molecule has 0 saturated carbocycles. The van der Waals surface area contributed by atoms with E-state index in [-0.39, 0.29) is 38.0 Å². The highest BCUT2D eigenvalue weighted by molar-refractivity contribution is 6.17. The molecular formula is C33H41F4N5O6. The van der Waals surface area contributed by atoms with Crippen LogP contribution in [0.3, 0.4) is 0 Å². The fraction of sp³-hybridized carbons (Fsp3) is 0.485. The number of piperidine rings is 1. The van der Waals surface area contributed by atoms with Crippen LogP contribution in [0.4, 0.5) is 28.0 Å². The Balaban J connectivity index is 1.89. The van der Waals surface area contributed by atoms with Crippen molar-refractivity contribution in [2.45, 2.75) is 51.4 Å². The number of amides is 5. The Labute approximate surface area is 276 Å². The summed E-state index contributed by atoms with van der Waals surface area (Å²) in [5.74, 6) is -4.82. The van der Waals surface area contributed by atoms with Crippen LogP contribution in [0, 0.1) is 5.92 Å². The lowest BCUT2D eigenvalue weighted by molar-refractivity contribution is -0.141. The highest BCUT2D eigenvalue weighted by atomic mass is 19.4. The lowest BCUT2D eigenvalue weighted by Gasteiger charge is -2.43. The summed E-state index contributed by atoms with van der Waals surface area (Å²) in [7, 11) is 4.84. The molecular weight excluding hydrogens is 638 g/mol. The van der Waals surface area contributed by atoms with Crippen LogP contribution in [0.25, 0.3) is 0 Å². The number of halogens is 4. The van der Waals surface area contributed by atoms with E-state index in [4.69, 9.17) is 4.74 Å². The number of likely N-dealkylation sites (tertiary alicyclic amines) is 1. The molecule has 5 amide bonds. The Bertz CT molecular complexity index is 1490. The lowest BCUT2D eigenvalue weighted by atomic mass is 9.84. The SMILES string of the molecule is C=C(F)C(=CC(=CC)C(F)(F)F)C(=O)NC(C(=O)N1CCC2(CC1)C(=O)N(CCN(C)C)C(=O)N2c1ccc(C(=O)OC)cc1)C(C)C. The maximum atomic E-state index is 14.2. The number of carbonyl (C=O) groups excluding carboxylic acids is 5. The Morgan fingerprint density at radius 1 is 1.10 bits per heavy atom. The largest absolute Gasteiger partial charge is 0.465 e. The predicted octanol–water partition coefficient (Wildman–Crippen LogP) is 4.22. The van der Waals surface area contributed by atoms with Crippen LogP contribution < -0.4 is 10.2 Å². The smallest absolute Gasteiger partial charge is 0.416 e. The van der Waals surface area contributed by atoms with Crippen molar-refractivity contribution in [2.24, 2.45) is 5.92 Å². The minimum absolute atomic E-state index is 0.00941. The van der Waals surface area contributed by atoms with Crippen LogP contribution in [0.1, 0.15) is 44.0 Å². The summed E-state index contributed by atoms with van der Waals surface area (Å²) in [5.41, 5.74) is -2.98. The first-order valence-corrected chi connectivity index (χ1v) is 15.3. The van der Waals surface area contributed by atoms with Crippen molar-refractivity contribution in [3.8, 4) is 0 Å². The van der Waals surface area contributed by atoms with Crippen molar-refractivity contribution in [3.05, 3.63) is 65.5 Å². The van der Waals surface area contributed by atoms with E-state index in [1.807, 2.05) is 4.90 Å². The van der Waals surface area contributed by atoms with E-state index in [9.17, 15) is 41.5 Å². The van der Waals surface area contributed by atoms with Crippen molar-refractivity contribution < 1.29 is 46.3 Å². The number of anilines is 1. The average Bonchev–Trinajstić information content (AvgIpc) is 3.22. The topological polar surface area (TPSA) is 120 Å². The third kappa shape index (κ3) is 7.94. The van der Waals surface area contributed by atoms with Gasteiger partial charge in [-0.1, -0.05) is 26.5 Å². The number of methoxy groups -OCH3 is 1. The summed E-state index contributed by atoms with van der Waals surface area (Å²) in [6, 6.07) is 4.23. The highest BCUT2D eigenvalue weighted by Gasteiger charge is 2.59. The average molecular weight is 680 g/mol. The number of nitrogens with zero attached hydrogens (tertiary/aromatic N) is 4. The number of urea groups is 1. The van der Waals surface area contributed by atoms with E-state index in [0.29, 0.717) is 24.4 Å². The van der Waals surface area contributed by atoms with E-state index in [2.05, 4.69) is 11.9 Å². The molecule has 1 N–H and O–H groups in total. The number of likely N-dealkylation sites (N-methyl/N-ethyl adjacent to an activating group) is 1. The Kier molecular flexibility index (Phi) is 12.0. The summed E-state index contributed by atoms with van der Waals surface area (Å²) in [5, 5.41) is 2.36. The molecule has 1 atom stereocenters. The minimum Gasteiger partial charge on any atom is -0.465 e. The minimum atomic E-state index is -4.86. The molecule has 1 aromatic rings. The van der Waals surface area contributed by atoms with Crippen molar-refractivity contribution >= 4 is 35.4 Å². The molecule has 0 radical (unpaired) electrons. The quantitative estimate of drug-likeness (QED) is 0.122. The zero-order chi connectivity index (χ0) is 36.1. The number of rotatable bonds is 11. The molecule has 48 heavy (non-hydrogen) atoms. The molecule has 1 aromatic carbocycles. The van der Waals surface area contributed by atoms with Gasteiger partial charge in [0.1, 0.15) is 17.4 Å². The summed E-state index contributed by atoms with van der Waals surface area (Å²) < 4.78 is 58.9. The predicted molar refractivity (Wildman–Crippen MR) is 169 cm³/mol. The molecule has 1 spiro atoms. The van der Waals surface area contributed by atoms with Gasteiger partial charge in [-0.3, -0.25) is 24.2 Å². The van der Waals surface area contributed by atoms with Gasteiger partial charge in [-0.25, -0.2) is 14.0 Å². The van der Waals surface area contributed by atoms with Crippen LogP contribution in [0.15, 0.2) is 60.0 Å². The Morgan fingerprint density at radius 3 is 2.15 bits per heavy atom. The zero-order valence-corrected chi connectivity index (χ0v) is 27.8. The van der Waals surface area contributed by atoms with Crippen LogP contribution in [0.2, 0.25) is 0 Å². The van der Waals surface area contributed by atoms with Crippen molar-refractivity contribution in [1.82, 2.24) is 20.0 Å².